The number of rotatable bonds is 4. The van der Waals surface area contributed by atoms with Gasteiger partial charge in [-0.3, -0.25) is 4.90 Å². The largest absolute Gasteiger partial charge is 0.480 e. The van der Waals surface area contributed by atoms with Crippen molar-refractivity contribution in [3.05, 3.63) is 35.6 Å². The number of hydrogen-bond donors (Lipinski definition) is 1. The number of ether oxygens (including phenoxy) is 1. The summed E-state index contributed by atoms with van der Waals surface area (Å²) in [6.07, 6.45) is -0.636. The summed E-state index contributed by atoms with van der Waals surface area (Å²) in [7, 11) is 1.37. The fraction of sp³-hybridized carbons (Fsp3) is 0.467. The Bertz CT molecular complexity index is 507. The number of benzene rings is 1. The average Bonchev–Trinajstić information content (AvgIpc) is 2.34. The maximum Gasteiger partial charge on any atom is 0.410 e. The number of amides is 1. The van der Waals surface area contributed by atoms with Crippen LogP contribution in [0, 0.1) is 5.82 Å². The van der Waals surface area contributed by atoms with Crippen molar-refractivity contribution in [1.29, 1.82) is 0 Å². The molecule has 1 amide bonds. The topological polar surface area (TPSA) is 66.8 Å². The molecule has 21 heavy (non-hydrogen) atoms. The standard InChI is InChI=1S/C15H20FNO4/c1-15(2,3)21-14(20)17(4)12(13(18)19)9-10-5-7-11(16)8-6-10/h5-8,12H,9H2,1-4H3,(H,18,19)/t12-/m0/s1. The van der Waals surface area contributed by atoms with Gasteiger partial charge in [-0.15, -0.1) is 0 Å². The van der Waals surface area contributed by atoms with Crippen LogP contribution in [0.25, 0.3) is 0 Å². The Hall–Kier alpha value is -2.11. The summed E-state index contributed by atoms with van der Waals surface area (Å²) in [6, 6.07) is 4.41. The Kier molecular flexibility index (Phi) is 5.29. The summed E-state index contributed by atoms with van der Waals surface area (Å²) >= 11 is 0. The van der Waals surface area contributed by atoms with Gasteiger partial charge in [-0.2, -0.15) is 0 Å². The second-order valence-corrected chi connectivity index (χ2v) is 5.78. The predicted molar refractivity (Wildman–Crippen MR) is 75.5 cm³/mol. The first kappa shape index (κ1) is 16.9. The molecule has 0 heterocycles. The molecule has 0 fully saturated rings. The Morgan fingerprint density at radius 1 is 1.29 bits per heavy atom. The molecule has 0 saturated heterocycles. The minimum atomic E-state index is -1.15. The van der Waals surface area contributed by atoms with Crippen LogP contribution >= 0.6 is 0 Å². The molecule has 0 aliphatic rings. The highest BCUT2D eigenvalue weighted by Gasteiger charge is 2.30. The molecule has 5 nitrogen and oxygen atoms in total. The van der Waals surface area contributed by atoms with E-state index in [1.54, 1.807) is 20.8 Å². The summed E-state index contributed by atoms with van der Waals surface area (Å²) in [5.74, 6) is -1.54. The van der Waals surface area contributed by atoms with Gasteiger partial charge in [0.1, 0.15) is 17.5 Å². The van der Waals surface area contributed by atoms with Crippen LogP contribution in [0.4, 0.5) is 9.18 Å². The van der Waals surface area contributed by atoms with Crippen molar-refractivity contribution in [3.63, 3.8) is 0 Å². The number of carboxylic acid groups (broad SMARTS) is 1. The molecule has 0 aromatic heterocycles. The van der Waals surface area contributed by atoms with E-state index < -0.39 is 29.5 Å². The number of likely N-dealkylation sites (N-methyl/N-ethyl adjacent to an activating group) is 1. The molecular weight excluding hydrogens is 277 g/mol. The lowest BCUT2D eigenvalue weighted by Gasteiger charge is -2.28. The van der Waals surface area contributed by atoms with Crippen molar-refractivity contribution in [2.45, 2.75) is 38.8 Å². The first-order chi connectivity index (χ1) is 9.60. The minimum Gasteiger partial charge on any atom is -0.480 e. The molecule has 0 radical (unpaired) electrons. The maximum atomic E-state index is 12.9. The normalized spacial score (nSPS) is 12.6. The number of carbonyl (C=O) groups is 2. The lowest BCUT2D eigenvalue weighted by molar-refractivity contribution is -0.142. The van der Waals surface area contributed by atoms with E-state index >= 15 is 0 Å². The van der Waals surface area contributed by atoms with E-state index in [9.17, 15) is 19.1 Å². The van der Waals surface area contributed by atoms with Crippen molar-refractivity contribution < 1.29 is 23.8 Å². The van der Waals surface area contributed by atoms with E-state index in [2.05, 4.69) is 0 Å². The molecule has 6 heteroatoms. The zero-order valence-electron chi connectivity index (χ0n) is 12.6. The van der Waals surface area contributed by atoms with Gasteiger partial charge in [0, 0.05) is 13.5 Å². The molecule has 0 spiro atoms. The third-order valence-corrected chi connectivity index (χ3v) is 2.78. The van der Waals surface area contributed by atoms with Crippen LogP contribution in [-0.2, 0) is 16.0 Å². The Morgan fingerprint density at radius 3 is 2.24 bits per heavy atom. The fourth-order valence-corrected chi connectivity index (χ4v) is 1.69. The summed E-state index contributed by atoms with van der Waals surface area (Å²) in [4.78, 5) is 24.3. The fourth-order valence-electron chi connectivity index (χ4n) is 1.69. The molecule has 1 N–H and O–H groups in total. The first-order valence-corrected chi connectivity index (χ1v) is 6.53. The Morgan fingerprint density at radius 2 is 1.81 bits per heavy atom. The SMILES string of the molecule is CN(C(=O)OC(C)(C)C)[C@@H](Cc1ccc(F)cc1)C(=O)O. The van der Waals surface area contributed by atoms with Crippen LogP contribution in [0.2, 0.25) is 0 Å². The number of aliphatic carboxylic acids is 1. The number of halogens is 1. The molecule has 0 unspecified atom stereocenters. The summed E-state index contributed by atoms with van der Waals surface area (Å²) in [5, 5.41) is 9.28. The highest BCUT2D eigenvalue weighted by atomic mass is 19.1. The van der Waals surface area contributed by atoms with Crippen LogP contribution in [0.15, 0.2) is 24.3 Å². The molecule has 1 aromatic rings. The van der Waals surface area contributed by atoms with Gasteiger partial charge in [0.05, 0.1) is 0 Å². The first-order valence-electron chi connectivity index (χ1n) is 6.53. The molecule has 0 aliphatic heterocycles. The lowest BCUT2D eigenvalue weighted by atomic mass is 10.1. The molecule has 0 aliphatic carbocycles. The summed E-state index contributed by atoms with van der Waals surface area (Å²) in [5.41, 5.74) is -0.0798. The third-order valence-electron chi connectivity index (χ3n) is 2.78. The second kappa shape index (κ2) is 6.56. The molecule has 0 saturated carbocycles. The van der Waals surface area contributed by atoms with Gasteiger partial charge in [-0.25, -0.2) is 14.0 Å². The van der Waals surface area contributed by atoms with Gasteiger partial charge in [0.25, 0.3) is 0 Å². The van der Waals surface area contributed by atoms with E-state index in [0.29, 0.717) is 5.56 Å². The summed E-state index contributed by atoms with van der Waals surface area (Å²) in [6.45, 7) is 5.11. The van der Waals surface area contributed by atoms with Crippen LogP contribution in [-0.4, -0.2) is 40.8 Å². The number of hydrogen-bond acceptors (Lipinski definition) is 3. The number of carboxylic acids is 1. The van der Waals surface area contributed by atoms with Crippen LogP contribution < -0.4 is 0 Å². The highest BCUT2D eigenvalue weighted by molar-refractivity contribution is 5.80. The average molecular weight is 297 g/mol. The monoisotopic (exact) mass is 297 g/mol. The second-order valence-electron chi connectivity index (χ2n) is 5.78. The van der Waals surface area contributed by atoms with E-state index in [1.807, 2.05) is 0 Å². The lowest BCUT2D eigenvalue weighted by Crippen LogP contribution is -2.46. The molecular formula is C15H20FNO4. The van der Waals surface area contributed by atoms with Crippen LogP contribution in [0.5, 0.6) is 0 Å². The van der Waals surface area contributed by atoms with Gasteiger partial charge in [0.15, 0.2) is 0 Å². The Labute approximate surface area is 123 Å². The van der Waals surface area contributed by atoms with Crippen molar-refractivity contribution >= 4 is 12.1 Å². The van der Waals surface area contributed by atoms with E-state index in [0.717, 1.165) is 4.90 Å². The van der Waals surface area contributed by atoms with E-state index in [-0.39, 0.29) is 6.42 Å². The zero-order chi connectivity index (χ0) is 16.2. The van der Waals surface area contributed by atoms with Crippen molar-refractivity contribution in [2.24, 2.45) is 0 Å². The van der Waals surface area contributed by atoms with Crippen molar-refractivity contribution in [2.75, 3.05) is 7.05 Å². The molecule has 1 atom stereocenters. The van der Waals surface area contributed by atoms with E-state index in [1.165, 1.54) is 31.3 Å². The predicted octanol–water partition coefficient (Wildman–Crippen LogP) is 2.69. The van der Waals surface area contributed by atoms with Gasteiger partial charge in [-0.05, 0) is 38.5 Å². The minimum absolute atomic E-state index is 0.0748. The van der Waals surface area contributed by atoms with E-state index in [4.69, 9.17) is 4.74 Å². The third kappa shape index (κ3) is 5.41. The van der Waals surface area contributed by atoms with Gasteiger partial charge < -0.3 is 9.84 Å². The molecule has 1 aromatic carbocycles. The van der Waals surface area contributed by atoms with Gasteiger partial charge >= 0.3 is 12.1 Å². The van der Waals surface area contributed by atoms with Crippen molar-refractivity contribution in [3.8, 4) is 0 Å². The van der Waals surface area contributed by atoms with Gasteiger partial charge in [0.2, 0.25) is 0 Å². The molecule has 1 rings (SSSR count). The van der Waals surface area contributed by atoms with Crippen molar-refractivity contribution in [1.82, 2.24) is 4.90 Å². The maximum absolute atomic E-state index is 12.9. The summed E-state index contributed by atoms with van der Waals surface area (Å²) < 4.78 is 18.0. The highest BCUT2D eigenvalue weighted by Crippen LogP contribution is 2.14. The number of carbonyl (C=O) groups excluding carboxylic acids is 1. The molecule has 116 valence electrons. The number of nitrogens with zero attached hydrogens (tertiary/aromatic N) is 1. The zero-order valence-corrected chi connectivity index (χ0v) is 12.6. The Balaban J connectivity index is 2.83. The van der Waals surface area contributed by atoms with Crippen LogP contribution in [0.3, 0.4) is 0 Å². The quantitative estimate of drug-likeness (QED) is 0.928. The van der Waals surface area contributed by atoms with Crippen LogP contribution in [0.1, 0.15) is 26.3 Å². The smallest absolute Gasteiger partial charge is 0.410 e. The van der Waals surface area contributed by atoms with Gasteiger partial charge in [-0.1, -0.05) is 12.1 Å². The molecule has 0 bridgehead atoms.